The Morgan fingerprint density at radius 2 is 1.69 bits per heavy atom. The molecule has 0 spiro atoms. The van der Waals surface area contributed by atoms with Crippen molar-refractivity contribution in [3.63, 3.8) is 0 Å². The van der Waals surface area contributed by atoms with E-state index in [0.717, 1.165) is 69.0 Å². The number of aldehydes is 1. The van der Waals surface area contributed by atoms with Crippen LogP contribution in [0.15, 0.2) is 24.3 Å². The van der Waals surface area contributed by atoms with E-state index >= 15 is 0 Å². The van der Waals surface area contributed by atoms with Crippen molar-refractivity contribution >= 4 is 35.7 Å². The van der Waals surface area contributed by atoms with Crippen LogP contribution >= 0.6 is 0 Å². The quantitative estimate of drug-likeness (QED) is 0.659. The highest BCUT2D eigenvalue weighted by atomic mass is 16.4. The molecule has 2 aliphatic carbocycles. The summed E-state index contributed by atoms with van der Waals surface area (Å²) in [5, 5.41) is 9.50. The van der Waals surface area contributed by atoms with E-state index in [2.05, 4.69) is 0 Å². The summed E-state index contributed by atoms with van der Waals surface area (Å²) in [6.07, 6.45) is 8.95. The summed E-state index contributed by atoms with van der Waals surface area (Å²) in [5.74, 6) is -1.27. The molecule has 0 saturated heterocycles. The van der Waals surface area contributed by atoms with Crippen LogP contribution < -0.4 is 9.80 Å². The molecule has 1 N–H and O–H groups in total. The summed E-state index contributed by atoms with van der Waals surface area (Å²) in [6.45, 7) is 1.26. The topological polar surface area (TPSA) is 98.2 Å². The summed E-state index contributed by atoms with van der Waals surface area (Å²) in [7, 11) is 0. The maximum absolute atomic E-state index is 13.8. The third kappa shape index (κ3) is 3.87. The number of hydrogen-bond acceptors (Lipinski definition) is 4. The molecule has 0 radical (unpaired) electrons. The van der Waals surface area contributed by atoms with Crippen molar-refractivity contribution in [1.82, 2.24) is 4.90 Å². The predicted molar refractivity (Wildman–Crippen MR) is 120 cm³/mol. The highest BCUT2D eigenvalue weighted by molar-refractivity contribution is 6.15. The SMILES string of the molecule is CC1(C(C=O)N2C(=O)N(CC(=O)O)C(=O)N(C3CCCCC3)c3ccccc32)CCCC1. The Morgan fingerprint density at radius 3 is 2.28 bits per heavy atom. The molecule has 32 heavy (non-hydrogen) atoms. The van der Waals surface area contributed by atoms with Gasteiger partial charge in [-0.25, -0.2) is 14.5 Å². The van der Waals surface area contributed by atoms with Crippen LogP contribution in [0.25, 0.3) is 0 Å². The summed E-state index contributed by atoms with van der Waals surface area (Å²) in [4.78, 5) is 55.3. The molecule has 2 saturated carbocycles. The van der Waals surface area contributed by atoms with Crippen molar-refractivity contribution in [2.75, 3.05) is 16.3 Å². The first-order valence-corrected chi connectivity index (χ1v) is 11.6. The first kappa shape index (κ1) is 22.3. The van der Waals surface area contributed by atoms with Gasteiger partial charge in [-0.1, -0.05) is 51.2 Å². The first-order valence-electron chi connectivity index (χ1n) is 11.6. The molecule has 4 rings (SSSR count). The number of aliphatic carboxylic acids is 1. The zero-order valence-electron chi connectivity index (χ0n) is 18.5. The van der Waals surface area contributed by atoms with Gasteiger partial charge in [0.2, 0.25) is 0 Å². The average Bonchev–Trinajstić information content (AvgIpc) is 3.20. The number of carbonyl (C=O) groups excluding carboxylic acids is 3. The molecule has 2 fully saturated rings. The third-order valence-corrected chi connectivity index (χ3v) is 7.37. The fourth-order valence-corrected chi connectivity index (χ4v) is 5.67. The zero-order valence-corrected chi connectivity index (χ0v) is 18.5. The number of fused-ring (bicyclic) bond motifs is 1. The molecule has 1 heterocycles. The fourth-order valence-electron chi connectivity index (χ4n) is 5.67. The largest absolute Gasteiger partial charge is 0.480 e. The molecule has 8 heteroatoms. The number of carbonyl (C=O) groups is 4. The number of para-hydroxylation sites is 2. The van der Waals surface area contributed by atoms with Gasteiger partial charge in [-0.15, -0.1) is 0 Å². The smallest absolute Gasteiger partial charge is 0.333 e. The lowest BCUT2D eigenvalue weighted by molar-refractivity contribution is -0.137. The Bertz CT molecular complexity index is 905. The molecule has 1 aromatic rings. The van der Waals surface area contributed by atoms with Crippen LogP contribution in [0.3, 0.4) is 0 Å². The third-order valence-electron chi connectivity index (χ3n) is 7.37. The Kier molecular flexibility index (Phi) is 6.22. The summed E-state index contributed by atoms with van der Waals surface area (Å²) in [5.41, 5.74) is 0.635. The van der Waals surface area contributed by atoms with E-state index in [1.54, 1.807) is 23.1 Å². The maximum Gasteiger partial charge on any atom is 0.333 e. The Labute approximate surface area is 188 Å². The number of carboxylic acid groups (broad SMARTS) is 1. The van der Waals surface area contributed by atoms with Gasteiger partial charge in [0, 0.05) is 6.04 Å². The number of hydrogen-bond donors (Lipinski definition) is 1. The lowest BCUT2D eigenvalue weighted by Gasteiger charge is -2.39. The minimum absolute atomic E-state index is 0.113. The van der Waals surface area contributed by atoms with Crippen molar-refractivity contribution in [3.05, 3.63) is 24.3 Å². The number of benzene rings is 1. The van der Waals surface area contributed by atoms with Crippen molar-refractivity contribution in [3.8, 4) is 0 Å². The average molecular weight is 442 g/mol. The van der Waals surface area contributed by atoms with Crippen LogP contribution in [0.1, 0.15) is 64.7 Å². The molecule has 1 aliphatic heterocycles. The molecule has 1 aromatic carbocycles. The van der Waals surface area contributed by atoms with E-state index in [1.165, 1.54) is 4.90 Å². The van der Waals surface area contributed by atoms with Crippen LogP contribution in [-0.4, -0.2) is 53.0 Å². The van der Waals surface area contributed by atoms with E-state index in [1.807, 2.05) is 13.0 Å². The number of urea groups is 2. The van der Waals surface area contributed by atoms with Gasteiger partial charge in [-0.05, 0) is 43.2 Å². The van der Waals surface area contributed by atoms with Crippen LogP contribution in [-0.2, 0) is 9.59 Å². The van der Waals surface area contributed by atoms with Crippen LogP contribution in [0, 0.1) is 5.41 Å². The van der Waals surface area contributed by atoms with Gasteiger partial charge >= 0.3 is 18.0 Å². The number of carboxylic acids is 1. The molecule has 172 valence electrons. The molecule has 1 unspecified atom stereocenters. The standard InChI is InChI=1S/C24H31N3O5/c1-24(13-7-8-14-24)20(16-28)27-19-12-6-5-11-18(19)26(17-9-3-2-4-10-17)22(31)25(23(27)32)15-21(29)30/h5-6,11-12,16-17,20H,2-4,7-10,13-15H2,1H3,(H,29,30). The van der Waals surface area contributed by atoms with Gasteiger partial charge in [0.05, 0.1) is 17.4 Å². The number of amides is 4. The molecule has 8 nitrogen and oxygen atoms in total. The van der Waals surface area contributed by atoms with Gasteiger partial charge in [0.1, 0.15) is 12.8 Å². The van der Waals surface area contributed by atoms with Crippen molar-refractivity contribution in [2.45, 2.75) is 76.8 Å². The Morgan fingerprint density at radius 1 is 1.06 bits per heavy atom. The molecule has 4 amide bonds. The second-order valence-corrected chi connectivity index (χ2v) is 9.51. The normalized spacial score (nSPS) is 22.5. The lowest BCUT2D eigenvalue weighted by atomic mass is 9.80. The highest BCUT2D eigenvalue weighted by Gasteiger charge is 2.48. The summed E-state index contributed by atoms with van der Waals surface area (Å²) in [6, 6.07) is 4.89. The zero-order chi connectivity index (χ0) is 22.9. The van der Waals surface area contributed by atoms with Gasteiger partial charge < -0.3 is 9.90 Å². The van der Waals surface area contributed by atoms with Crippen LogP contribution in [0.4, 0.5) is 21.0 Å². The Hall–Kier alpha value is -2.90. The van der Waals surface area contributed by atoms with Crippen LogP contribution in [0.5, 0.6) is 0 Å². The maximum atomic E-state index is 13.8. The highest BCUT2D eigenvalue weighted by Crippen LogP contribution is 2.46. The number of anilines is 2. The minimum Gasteiger partial charge on any atom is -0.480 e. The Balaban J connectivity index is 1.88. The van der Waals surface area contributed by atoms with E-state index in [-0.39, 0.29) is 6.04 Å². The number of imide groups is 1. The monoisotopic (exact) mass is 441 g/mol. The molecular weight excluding hydrogens is 410 g/mol. The molecule has 0 aromatic heterocycles. The minimum atomic E-state index is -1.27. The van der Waals surface area contributed by atoms with Gasteiger partial charge in [-0.3, -0.25) is 14.6 Å². The number of rotatable bonds is 6. The van der Waals surface area contributed by atoms with Gasteiger partial charge in [0.15, 0.2) is 0 Å². The molecule has 1 atom stereocenters. The predicted octanol–water partition coefficient (Wildman–Crippen LogP) is 4.42. The molecular formula is C24H31N3O5. The molecule has 3 aliphatic rings. The fraction of sp³-hybridized carbons (Fsp3) is 0.583. The van der Waals surface area contributed by atoms with Gasteiger partial charge in [0.25, 0.3) is 0 Å². The lowest BCUT2D eigenvalue weighted by Crippen LogP contribution is -2.57. The van der Waals surface area contributed by atoms with E-state index in [9.17, 15) is 24.3 Å². The molecule has 0 bridgehead atoms. The second-order valence-electron chi connectivity index (χ2n) is 9.51. The van der Waals surface area contributed by atoms with Crippen molar-refractivity contribution in [1.29, 1.82) is 0 Å². The number of nitrogens with zero attached hydrogens (tertiary/aromatic N) is 3. The van der Waals surface area contributed by atoms with Crippen LogP contribution in [0.2, 0.25) is 0 Å². The second kappa shape index (κ2) is 8.92. The van der Waals surface area contributed by atoms with E-state index < -0.39 is 36.0 Å². The van der Waals surface area contributed by atoms with Gasteiger partial charge in [-0.2, -0.15) is 0 Å². The first-order chi connectivity index (χ1) is 15.4. The summed E-state index contributed by atoms with van der Waals surface area (Å²) < 4.78 is 0. The van der Waals surface area contributed by atoms with E-state index in [4.69, 9.17) is 0 Å². The van der Waals surface area contributed by atoms with Crippen molar-refractivity contribution < 1.29 is 24.3 Å². The van der Waals surface area contributed by atoms with Crippen molar-refractivity contribution in [2.24, 2.45) is 5.41 Å². The summed E-state index contributed by atoms with van der Waals surface area (Å²) >= 11 is 0. The van der Waals surface area contributed by atoms with E-state index in [0.29, 0.717) is 11.4 Å².